The van der Waals surface area contributed by atoms with E-state index in [4.69, 9.17) is 5.73 Å². The standard InChI is InChI=1S/C11H16N2/c12-10-6-8-13(9-7-10)11-4-2-1-3-5-11/h1-5,10H,6-9,12H2. The minimum atomic E-state index is 0.417. The van der Waals surface area contributed by atoms with E-state index in [9.17, 15) is 0 Å². The third-order valence-electron chi connectivity index (χ3n) is 2.66. The average molecular weight is 176 g/mol. The fourth-order valence-electron chi connectivity index (χ4n) is 1.80. The predicted molar refractivity (Wildman–Crippen MR) is 55.9 cm³/mol. The van der Waals surface area contributed by atoms with Crippen molar-refractivity contribution < 1.29 is 0 Å². The smallest absolute Gasteiger partial charge is 0.0366 e. The molecule has 0 saturated carbocycles. The van der Waals surface area contributed by atoms with Gasteiger partial charge in [-0.2, -0.15) is 0 Å². The maximum Gasteiger partial charge on any atom is 0.0366 e. The molecule has 0 aliphatic carbocycles. The Morgan fingerprint density at radius 2 is 1.69 bits per heavy atom. The number of hydrogen-bond donors (Lipinski definition) is 1. The van der Waals surface area contributed by atoms with Crippen molar-refractivity contribution in [3.05, 3.63) is 30.3 Å². The second kappa shape index (κ2) is 3.79. The molecule has 1 aromatic carbocycles. The van der Waals surface area contributed by atoms with Crippen LogP contribution in [-0.2, 0) is 0 Å². The van der Waals surface area contributed by atoms with Gasteiger partial charge in [0.1, 0.15) is 0 Å². The van der Waals surface area contributed by atoms with Crippen molar-refractivity contribution in [1.29, 1.82) is 0 Å². The van der Waals surface area contributed by atoms with E-state index in [1.165, 1.54) is 5.69 Å². The molecule has 0 atom stereocenters. The summed E-state index contributed by atoms with van der Waals surface area (Å²) >= 11 is 0. The van der Waals surface area contributed by atoms with Gasteiger partial charge in [0, 0.05) is 24.8 Å². The Labute approximate surface area is 79.4 Å². The van der Waals surface area contributed by atoms with Gasteiger partial charge in [0.05, 0.1) is 0 Å². The number of para-hydroxylation sites is 1. The Hall–Kier alpha value is -1.02. The molecule has 2 nitrogen and oxygen atoms in total. The highest BCUT2D eigenvalue weighted by Gasteiger charge is 2.15. The fraction of sp³-hybridized carbons (Fsp3) is 0.455. The molecule has 70 valence electrons. The van der Waals surface area contributed by atoms with E-state index < -0.39 is 0 Å². The summed E-state index contributed by atoms with van der Waals surface area (Å²) < 4.78 is 0. The molecule has 1 aliphatic heterocycles. The van der Waals surface area contributed by atoms with Gasteiger partial charge in [-0.05, 0) is 25.0 Å². The van der Waals surface area contributed by atoms with Crippen LogP contribution in [0.25, 0.3) is 0 Å². The Kier molecular flexibility index (Phi) is 2.50. The molecule has 0 bridgehead atoms. The largest absolute Gasteiger partial charge is 0.371 e. The highest BCUT2D eigenvalue weighted by atomic mass is 15.1. The molecule has 0 radical (unpaired) electrons. The second-order valence-corrected chi connectivity index (χ2v) is 3.66. The third kappa shape index (κ3) is 2.01. The number of benzene rings is 1. The summed E-state index contributed by atoms with van der Waals surface area (Å²) in [4.78, 5) is 2.41. The van der Waals surface area contributed by atoms with E-state index >= 15 is 0 Å². The number of nitrogens with two attached hydrogens (primary N) is 1. The van der Waals surface area contributed by atoms with Gasteiger partial charge in [-0.3, -0.25) is 0 Å². The van der Waals surface area contributed by atoms with Crippen LogP contribution in [0.5, 0.6) is 0 Å². The van der Waals surface area contributed by atoms with Crippen LogP contribution >= 0.6 is 0 Å². The quantitative estimate of drug-likeness (QED) is 0.704. The maximum absolute atomic E-state index is 5.85. The molecule has 1 heterocycles. The van der Waals surface area contributed by atoms with Crippen LogP contribution in [-0.4, -0.2) is 19.1 Å². The first-order valence-corrected chi connectivity index (χ1v) is 4.92. The lowest BCUT2D eigenvalue weighted by molar-refractivity contribution is 0.501. The van der Waals surface area contributed by atoms with Crippen molar-refractivity contribution in [3.63, 3.8) is 0 Å². The van der Waals surface area contributed by atoms with Gasteiger partial charge in [-0.15, -0.1) is 0 Å². The summed E-state index contributed by atoms with van der Waals surface area (Å²) in [6.07, 6.45) is 2.24. The van der Waals surface area contributed by atoms with Gasteiger partial charge in [0.2, 0.25) is 0 Å². The maximum atomic E-state index is 5.85. The molecule has 13 heavy (non-hydrogen) atoms. The molecule has 0 aromatic heterocycles. The van der Waals surface area contributed by atoms with Gasteiger partial charge in [-0.25, -0.2) is 0 Å². The normalized spacial score (nSPS) is 19.0. The Bertz CT molecular complexity index is 250. The van der Waals surface area contributed by atoms with Crippen molar-refractivity contribution in [2.24, 2.45) is 5.73 Å². The van der Waals surface area contributed by atoms with E-state index in [-0.39, 0.29) is 0 Å². The summed E-state index contributed by atoms with van der Waals surface area (Å²) in [5.41, 5.74) is 7.18. The van der Waals surface area contributed by atoms with Gasteiger partial charge in [-0.1, -0.05) is 18.2 Å². The van der Waals surface area contributed by atoms with Crippen LogP contribution in [0.2, 0.25) is 0 Å². The lowest BCUT2D eigenvalue weighted by Crippen LogP contribution is -2.39. The van der Waals surface area contributed by atoms with Crippen molar-refractivity contribution in [3.8, 4) is 0 Å². The first-order chi connectivity index (χ1) is 6.36. The summed E-state index contributed by atoms with van der Waals surface area (Å²) in [5, 5.41) is 0. The molecule has 0 spiro atoms. The lowest BCUT2D eigenvalue weighted by atomic mass is 10.1. The highest BCUT2D eigenvalue weighted by Crippen LogP contribution is 2.18. The zero-order chi connectivity index (χ0) is 9.10. The van der Waals surface area contributed by atoms with E-state index in [1.807, 2.05) is 0 Å². The Morgan fingerprint density at radius 1 is 1.08 bits per heavy atom. The van der Waals surface area contributed by atoms with Crippen LogP contribution in [0.15, 0.2) is 30.3 Å². The molecule has 2 rings (SSSR count). The van der Waals surface area contributed by atoms with Crippen molar-refractivity contribution >= 4 is 5.69 Å². The van der Waals surface area contributed by atoms with Crippen LogP contribution in [0.1, 0.15) is 12.8 Å². The summed E-state index contributed by atoms with van der Waals surface area (Å²) in [6.45, 7) is 2.20. The molecule has 1 saturated heterocycles. The number of rotatable bonds is 1. The van der Waals surface area contributed by atoms with E-state index in [2.05, 4.69) is 35.2 Å². The zero-order valence-corrected chi connectivity index (χ0v) is 7.82. The van der Waals surface area contributed by atoms with Crippen LogP contribution in [0, 0.1) is 0 Å². The molecule has 0 amide bonds. The number of piperidine rings is 1. The van der Waals surface area contributed by atoms with E-state index in [0.717, 1.165) is 25.9 Å². The predicted octanol–water partition coefficient (Wildman–Crippen LogP) is 1.61. The topological polar surface area (TPSA) is 29.3 Å². The number of hydrogen-bond acceptors (Lipinski definition) is 2. The first kappa shape index (κ1) is 8.57. The second-order valence-electron chi connectivity index (χ2n) is 3.66. The lowest BCUT2D eigenvalue weighted by Gasteiger charge is -2.31. The fourth-order valence-corrected chi connectivity index (χ4v) is 1.80. The Morgan fingerprint density at radius 3 is 2.31 bits per heavy atom. The van der Waals surface area contributed by atoms with Gasteiger partial charge >= 0.3 is 0 Å². The highest BCUT2D eigenvalue weighted by molar-refractivity contribution is 5.46. The van der Waals surface area contributed by atoms with Crippen molar-refractivity contribution in [2.45, 2.75) is 18.9 Å². The van der Waals surface area contributed by atoms with Crippen molar-refractivity contribution in [2.75, 3.05) is 18.0 Å². The molecular formula is C11H16N2. The number of anilines is 1. The van der Waals surface area contributed by atoms with Gasteiger partial charge in [0.15, 0.2) is 0 Å². The minimum absolute atomic E-state index is 0.417. The van der Waals surface area contributed by atoms with E-state index in [0.29, 0.717) is 6.04 Å². The molecule has 1 aliphatic rings. The molecule has 2 N–H and O–H groups in total. The van der Waals surface area contributed by atoms with Crippen LogP contribution < -0.4 is 10.6 Å². The van der Waals surface area contributed by atoms with E-state index in [1.54, 1.807) is 0 Å². The summed E-state index contributed by atoms with van der Waals surface area (Å²) in [7, 11) is 0. The first-order valence-electron chi connectivity index (χ1n) is 4.92. The van der Waals surface area contributed by atoms with Gasteiger partial charge < -0.3 is 10.6 Å². The molecule has 1 fully saturated rings. The average Bonchev–Trinajstić information content (AvgIpc) is 2.20. The summed E-state index contributed by atoms with van der Waals surface area (Å²) in [6, 6.07) is 11.0. The number of nitrogens with zero attached hydrogens (tertiary/aromatic N) is 1. The minimum Gasteiger partial charge on any atom is -0.371 e. The summed E-state index contributed by atoms with van der Waals surface area (Å²) in [5.74, 6) is 0. The molecule has 2 heteroatoms. The molecule has 1 aromatic rings. The monoisotopic (exact) mass is 176 g/mol. The zero-order valence-electron chi connectivity index (χ0n) is 7.82. The SMILES string of the molecule is NC1CCN(c2ccccc2)CC1. The van der Waals surface area contributed by atoms with Gasteiger partial charge in [0.25, 0.3) is 0 Å². The van der Waals surface area contributed by atoms with Crippen LogP contribution in [0.4, 0.5) is 5.69 Å². The third-order valence-corrected chi connectivity index (χ3v) is 2.66. The van der Waals surface area contributed by atoms with Crippen LogP contribution in [0.3, 0.4) is 0 Å². The van der Waals surface area contributed by atoms with Crippen molar-refractivity contribution in [1.82, 2.24) is 0 Å². The molecule has 0 unspecified atom stereocenters. The molecular weight excluding hydrogens is 160 g/mol. The Balaban J connectivity index is 2.03.